The van der Waals surface area contributed by atoms with Crippen molar-refractivity contribution in [3.05, 3.63) is 29.3 Å². The molecule has 0 saturated carbocycles. The summed E-state index contributed by atoms with van der Waals surface area (Å²) in [5, 5.41) is 9.72. The predicted octanol–water partition coefficient (Wildman–Crippen LogP) is 2.94. The maximum absolute atomic E-state index is 12.4. The lowest BCUT2D eigenvalue weighted by Gasteiger charge is -2.23. The van der Waals surface area contributed by atoms with Gasteiger partial charge in [0, 0.05) is 12.4 Å². The number of alkyl halides is 4. The summed E-state index contributed by atoms with van der Waals surface area (Å²) in [5.41, 5.74) is 0.262. The van der Waals surface area contributed by atoms with Crippen molar-refractivity contribution in [3.8, 4) is 5.75 Å². The van der Waals surface area contributed by atoms with Crippen LogP contribution in [0.3, 0.4) is 0 Å². The molecule has 106 valence electrons. The van der Waals surface area contributed by atoms with Crippen molar-refractivity contribution in [3.63, 3.8) is 0 Å². The molecule has 0 aromatic heterocycles. The van der Waals surface area contributed by atoms with E-state index in [1.807, 2.05) is 0 Å². The lowest BCUT2D eigenvalue weighted by Crippen LogP contribution is -2.40. The van der Waals surface area contributed by atoms with Crippen LogP contribution in [0.4, 0.5) is 13.2 Å². The van der Waals surface area contributed by atoms with Crippen LogP contribution >= 0.6 is 11.6 Å². The maximum Gasteiger partial charge on any atom is 0.406 e. The largest absolute Gasteiger partial charge is 0.507 e. The van der Waals surface area contributed by atoms with Crippen LogP contribution in [0.2, 0.25) is 0 Å². The molecule has 0 aliphatic carbocycles. The molecule has 1 aromatic carbocycles. The van der Waals surface area contributed by atoms with Crippen molar-refractivity contribution in [2.45, 2.75) is 13.1 Å². The van der Waals surface area contributed by atoms with Gasteiger partial charge in [-0.05, 0) is 18.6 Å². The third-order valence-electron chi connectivity index (χ3n) is 2.48. The number of amides is 1. The molecule has 0 bridgehead atoms. The van der Waals surface area contributed by atoms with Gasteiger partial charge in [-0.25, -0.2) is 0 Å². The Morgan fingerprint density at radius 1 is 1.42 bits per heavy atom. The fraction of sp³-hybridized carbons (Fsp3) is 0.417. The van der Waals surface area contributed by atoms with Gasteiger partial charge in [0.05, 0.1) is 5.56 Å². The summed E-state index contributed by atoms with van der Waals surface area (Å²) >= 11 is 5.40. The summed E-state index contributed by atoms with van der Waals surface area (Å²) in [5.74, 6) is -1.32. The quantitative estimate of drug-likeness (QED) is 0.868. The van der Waals surface area contributed by atoms with Crippen LogP contribution in [0.25, 0.3) is 0 Å². The molecule has 1 amide bonds. The van der Waals surface area contributed by atoms with Crippen molar-refractivity contribution in [2.75, 3.05) is 19.0 Å². The number of phenolic OH excluding ortho intramolecular Hbond substituents is 1. The van der Waals surface area contributed by atoms with Crippen LogP contribution in [0.5, 0.6) is 5.75 Å². The van der Waals surface area contributed by atoms with E-state index in [4.69, 9.17) is 11.6 Å². The molecule has 0 saturated heterocycles. The van der Waals surface area contributed by atoms with E-state index in [1.165, 1.54) is 12.1 Å². The van der Waals surface area contributed by atoms with Crippen LogP contribution in [0, 0.1) is 6.92 Å². The van der Waals surface area contributed by atoms with E-state index < -0.39 is 18.6 Å². The maximum atomic E-state index is 12.4. The Labute approximate surface area is 113 Å². The molecule has 0 unspecified atom stereocenters. The normalized spacial score (nSPS) is 11.4. The van der Waals surface area contributed by atoms with Crippen molar-refractivity contribution < 1.29 is 23.1 Å². The fourth-order valence-corrected chi connectivity index (χ4v) is 1.78. The zero-order valence-electron chi connectivity index (χ0n) is 10.2. The first-order valence-electron chi connectivity index (χ1n) is 5.47. The number of nitrogens with zero attached hydrogens (tertiary/aromatic N) is 1. The molecule has 0 radical (unpaired) electrons. The smallest absolute Gasteiger partial charge is 0.406 e. The summed E-state index contributed by atoms with van der Waals surface area (Å²) in [7, 11) is 0. The number of aromatic hydroxyl groups is 1. The van der Waals surface area contributed by atoms with Crippen molar-refractivity contribution >= 4 is 17.5 Å². The first-order chi connectivity index (χ1) is 8.76. The predicted molar refractivity (Wildman–Crippen MR) is 65.5 cm³/mol. The van der Waals surface area contributed by atoms with Crippen LogP contribution in [-0.2, 0) is 0 Å². The molecule has 0 spiro atoms. The average molecular weight is 296 g/mol. The van der Waals surface area contributed by atoms with Crippen LogP contribution in [0.15, 0.2) is 18.2 Å². The summed E-state index contributed by atoms with van der Waals surface area (Å²) in [6.07, 6.45) is -4.51. The Morgan fingerprint density at radius 3 is 2.58 bits per heavy atom. The van der Waals surface area contributed by atoms with Gasteiger partial charge in [0.1, 0.15) is 12.3 Å². The van der Waals surface area contributed by atoms with Crippen molar-refractivity contribution in [2.24, 2.45) is 0 Å². The van der Waals surface area contributed by atoms with Gasteiger partial charge in [-0.15, -0.1) is 11.6 Å². The minimum Gasteiger partial charge on any atom is -0.507 e. The molecular weight excluding hydrogens is 283 g/mol. The Hall–Kier alpha value is -1.43. The van der Waals surface area contributed by atoms with Crippen LogP contribution in [0.1, 0.15) is 15.9 Å². The zero-order valence-corrected chi connectivity index (χ0v) is 10.9. The standard InChI is InChI=1S/C12H13ClF3NO2/c1-8-3-2-4-9(10(8)18)11(19)17(6-5-13)7-12(14,15)16/h2-4,18H,5-7H2,1H3. The number of para-hydroxylation sites is 1. The second kappa shape index (κ2) is 6.14. The highest BCUT2D eigenvalue weighted by molar-refractivity contribution is 6.18. The summed E-state index contributed by atoms with van der Waals surface area (Å²) in [4.78, 5) is 12.6. The van der Waals surface area contributed by atoms with Gasteiger partial charge in [-0.1, -0.05) is 12.1 Å². The highest BCUT2D eigenvalue weighted by Gasteiger charge is 2.33. The minimum atomic E-state index is -4.51. The molecular formula is C12H13ClF3NO2. The van der Waals surface area contributed by atoms with E-state index in [-0.39, 0.29) is 23.7 Å². The molecule has 0 aliphatic heterocycles. The van der Waals surface area contributed by atoms with E-state index in [9.17, 15) is 23.1 Å². The SMILES string of the molecule is Cc1cccc(C(=O)N(CCCl)CC(F)(F)F)c1O. The number of rotatable bonds is 4. The van der Waals surface area contributed by atoms with Gasteiger partial charge in [-0.2, -0.15) is 13.2 Å². The van der Waals surface area contributed by atoms with E-state index in [1.54, 1.807) is 13.0 Å². The average Bonchev–Trinajstić information content (AvgIpc) is 2.30. The fourth-order valence-electron chi connectivity index (χ4n) is 1.57. The second-order valence-electron chi connectivity index (χ2n) is 4.00. The number of halogens is 4. The third-order valence-corrected chi connectivity index (χ3v) is 2.65. The number of phenols is 1. The van der Waals surface area contributed by atoms with Gasteiger partial charge in [-0.3, -0.25) is 4.79 Å². The Balaban J connectivity index is 3.02. The van der Waals surface area contributed by atoms with E-state index >= 15 is 0 Å². The third kappa shape index (κ3) is 4.31. The molecule has 1 aromatic rings. The second-order valence-corrected chi connectivity index (χ2v) is 4.38. The number of aryl methyl sites for hydroxylation is 1. The monoisotopic (exact) mass is 295 g/mol. The molecule has 1 rings (SSSR count). The van der Waals surface area contributed by atoms with E-state index in [0.717, 1.165) is 0 Å². The van der Waals surface area contributed by atoms with Gasteiger partial charge in [0.15, 0.2) is 0 Å². The molecule has 0 atom stereocenters. The highest BCUT2D eigenvalue weighted by Crippen LogP contribution is 2.24. The number of carbonyl (C=O) groups is 1. The van der Waals surface area contributed by atoms with Gasteiger partial charge < -0.3 is 10.0 Å². The summed E-state index contributed by atoms with van der Waals surface area (Å²) in [6.45, 7) is -0.0824. The first kappa shape index (κ1) is 15.6. The molecule has 3 nitrogen and oxygen atoms in total. The molecule has 19 heavy (non-hydrogen) atoms. The van der Waals surface area contributed by atoms with Gasteiger partial charge in [0.2, 0.25) is 0 Å². The van der Waals surface area contributed by atoms with Crippen LogP contribution in [-0.4, -0.2) is 41.1 Å². The topological polar surface area (TPSA) is 40.5 Å². The number of benzene rings is 1. The minimum absolute atomic E-state index is 0.117. The van der Waals surface area contributed by atoms with E-state index in [2.05, 4.69) is 0 Å². The summed E-state index contributed by atoms with van der Waals surface area (Å²) in [6, 6.07) is 4.33. The Bertz CT molecular complexity index is 463. The number of hydrogen-bond donors (Lipinski definition) is 1. The van der Waals surface area contributed by atoms with Gasteiger partial charge in [0.25, 0.3) is 5.91 Å². The Morgan fingerprint density at radius 2 is 2.05 bits per heavy atom. The van der Waals surface area contributed by atoms with E-state index in [0.29, 0.717) is 10.5 Å². The first-order valence-corrected chi connectivity index (χ1v) is 6.00. The lowest BCUT2D eigenvalue weighted by molar-refractivity contribution is -0.140. The summed E-state index contributed by atoms with van der Waals surface area (Å²) < 4.78 is 37.2. The lowest BCUT2D eigenvalue weighted by atomic mass is 10.1. The van der Waals surface area contributed by atoms with Crippen molar-refractivity contribution in [1.29, 1.82) is 0 Å². The molecule has 0 aliphatic rings. The number of carbonyl (C=O) groups excluding carboxylic acids is 1. The molecule has 1 N–H and O–H groups in total. The molecule has 0 heterocycles. The van der Waals surface area contributed by atoms with Crippen LogP contribution < -0.4 is 0 Å². The number of hydrogen-bond acceptors (Lipinski definition) is 2. The van der Waals surface area contributed by atoms with Crippen molar-refractivity contribution in [1.82, 2.24) is 4.90 Å². The molecule has 0 fully saturated rings. The highest BCUT2D eigenvalue weighted by atomic mass is 35.5. The zero-order chi connectivity index (χ0) is 14.6. The molecule has 7 heteroatoms. The Kier molecular flexibility index (Phi) is 5.05. The van der Waals surface area contributed by atoms with Gasteiger partial charge >= 0.3 is 6.18 Å².